The first-order chi connectivity index (χ1) is 12.6. The molecule has 0 bridgehead atoms. The molecule has 1 aliphatic carbocycles. The fourth-order valence-corrected chi connectivity index (χ4v) is 3.73. The Morgan fingerprint density at radius 2 is 2.12 bits per heavy atom. The quantitative estimate of drug-likeness (QED) is 0.759. The molecule has 1 amide bonds. The Balaban J connectivity index is 1.46. The summed E-state index contributed by atoms with van der Waals surface area (Å²) in [6.45, 7) is 3.99. The molecule has 26 heavy (non-hydrogen) atoms. The molecule has 0 radical (unpaired) electrons. The van der Waals surface area contributed by atoms with E-state index in [-0.39, 0.29) is 11.9 Å². The maximum Gasteiger partial charge on any atom is 0.224 e. The first-order valence-corrected chi connectivity index (χ1v) is 9.03. The minimum absolute atomic E-state index is 0.0563. The van der Waals surface area contributed by atoms with Crippen LogP contribution >= 0.6 is 0 Å². The zero-order valence-electron chi connectivity index (χ0n) is 15.1. The van der Waals surface area contributed by atoms with Crippen LogP contribution in [-0.4, -0.2) is 31.9 Å². The standard InChI is InChI=1S/C20H23N5O/c1-13-18(14(2)25(24-13)17-6-4-3-5-7-17)11-20(26)22-16-8-9-19-15(10-16)12-21-23-19/h3-7,12,16H,8-11H2,1-2H3,(H,21,23)(H,22,26)/t16-/m1/s1. The average molecular weight is 349 g/mol. The highest BCUT2D eigenvalue weighted by atomic mass is 16.1. The van der Waals surface area contributed by atoms with Gasteiger partial charge in [0, 0.05) is 23.0 Å². The van der Waals surface area contributed by atoms with E-state index >= 15 is 0 Å². The van der Waals surface area contributed by atoms with Gasteiger partial charge in [-0.3, -0.25) is 9.89 Å². The van der Waals surface area contributed by atoms with Crippen molar-refractivity contribution in [2.24, 2.45) is 0 Å². The number of benzene rings is 1. The summed E-state index contributed by atoms with van der Waals surface area (Å²) in [6, 6.07) is 10.2. The molecule has 2 N–H and O–H groups in total. The number of rotatable bonds is 4. The van der Waals surface area contributed by atoms with Crippen LogP contribution < -0.4 is 5.32 Å². The SMILES string of the molecule is Cc1nn(-c2ccccc2)c(C)c1CC(=O)N[C@@H]1CCc2[nH]ncc2C1. The third-order valence-corrected chi connectivity index (χ3v) is 5.16. The summed E-state index contributed by atoms with van der Waals surface area (Å²) < 4.78 is 1.91. The molecule has 6 nitrogen and oxygen atoms in total. The van der Waals surface area contributed by atoms with Crippen molar-refractivity contribution in [3.8, 4) is 5.69 Å². The lowest BCUT2D eigenvalue weighted by Crippen LogP contribution is -2.39. The maximum atomic E-state index is 12.6. The first kappa shape index (κ1) is 16.6. The van der Waals surface area contributed by atoms with E-state index in [1.807, 2.05) is 55.1 Å². The first-order valence-electron chi connectivity index (χ1n) is 9.03. The number of aromatic amines is 1. The molecule has 0 unspecified atom stereocenters. The van der Waals surface area contributed by atoms with Gasteiger partial charge in [0.1, 0.15) is 0 Å². The van der Waals surface area contributed by atoms with Gasteiger partial charge in [0.2, 0.25) is 5.91 Å². The number of para-hydroxylation sites is 1. The second kappa shape index (κ2) is 6.78. The van der Waals surface area contributed by atoms with Gasteiger partial charge in [-0.05, 0) is 50.8 Å². The summed E-state index contributed by atoms with van der Waals surface area (Å²) >= 11 is 0. The van der Waals surface area contributed by atoms with Crippen molar-refractivity contribution in [1.82, 2.24) is 25.3 Å². The Labute approximate surface area is 152 Å². The van der Waals surface area contributed by atoms with Gasteiger partial charge in [0.15, 0.2) is 0 Å². The number of fused-ring (bicyclic) bond motifs is 1. The summed E-state index contributed by atoms with van der Waals surface area (Å²) in [6.07, 6.45) is 4.95. The van der Waals surface area contributed by atoms with E-state index in [4.69, 9.17) is 0 Å². The van der Waals surface area contributed by atoms with Gasteiger partial charge in [0.25, 0.3) is 0 Å². The highest BCUT2D eigenvalue weighted by Crippen LogP contribution is 2.20. The second-order valence-corrected chi connectivity index (χ2v) is 6.95. The number of hydrogen-bond donors (Lipinski definition) is 2. The highest BCUT2D eigenvalue weighted by Gasteiger charge is 2.23. The number of nitrogens with zero attached hydrogens (tertiary/aromatic N) is 3. The molecule has 6 heteroatoms. The van der Waals surface area contributed by atoms with Crippen molar-refractivity contribution in [1.29, 1.82) is 0 Å². The fourth-order valence-electron chi connectivity index (χ4n) is 3.73. The van der Waals surface area contributed by atoms with Gasteiger partial charge < -0.3 is 5.32 Å². The van der Waals surface area contributed by atoms with Crippen LogP contribution in [0.3, 0.4) is 0 Å². The van der Waals surface area contributed by atoms with E-state index in [0.717, 1.165) is 41.9 Å². The predicted molar refractivity (Wildman–Crippen MR) is 99.3 cm³/mol. The summed E-state index contributed by atoms with van der Waals surface area (Å²) in [5.74, 6) is 0.0563. The zero-order chi connectivity index (χ0) is 18.1. The van der Waals surface area contributed by atoms with Gasteiger partial charge in [0.05, 0.1) is 24.0 Å². The van der Waals surface area contributed by atoms with Gasteiger partial charge in [-0.2, -0.15) is 10.2 Å². The molecule has 134 valence electrons. The molecule has 1 aliphatic rings. The minimum atomic E-state index is 0.0563. The van der Waals surface area contributed by atoms with E-state index < -0.39 is 0 Å². The molecule has 1 aromatic carbocycles. The maximum absolute atomic E-state index is 12.6. The topological polar surface area (TPSA) is 75.6 Å². The van der Waals surface area contributed by atoms with Crippen LogP contribution in [-0.2, 0) is 24.1 Å². The van der Waals surface area contributed by atoms with E-state index in [1.54, 1.807) is 0 Å². The molecule has 0 spiro atoms. The molecule has 4 rings (SSSR count). The molecule has 2 heterocycles. The molecule has 0 saturated carbocycles. The molecule has 1 atom stereocenters. The molecular weight excluding hydrogens is 326 g/mol. The average Bonchev–Trinajstić information content (AvgIpc) is 3.21. The Bertz CT molecular complexity index is 925. The Kier molecular flexibility index (Phi) is 4.32. The fraction of sp³-hybridized carbons (Fsp3) is 0.350. The van der Waals surface area contributed by atoms with Crippen LogP contribution in [0.5, 0.6) is 0 Å². The zero-order valence-corrected chi connectivity index (χ0v) is 15.1. The van der Waals surface area contributed by atoms with Crippen LogP contribution in [0.2, 0.25) is 0 Å². The van der Waals surface area contributed by atoms with Crippen LogP contribution in [0.15, 0.2) is 36.5 Å². The van der Waals surface area contributed by atoms with Crippen molar-refractivity contribution in [3.63, 3.8) is 0 Å². The Hall–Kier alpha value is -2.89. The predicted octanol–water partition coefficient (Wildman–Crippen LogP) is 2.43. The second-order valence-electron chi connectivity index (χ2n) is 6.95. The molecular formula is C20H23N5O. The number of hydrogen-bond acceptors (Lipinski definition) is 3. The number of nitrogens with one attached hydrogen (secondary N) is 2. The van der Waals surface area contributed by atoms with E-state index in [2.05, 4.69) is 20.6 Å². The Morgan fingerprint density at radius 1 is 1.31 bits per heavy atom. The number of carbonyl (C=O) groups is 1. The van der Waals surface area contributed by atoms with Gasteiger partial charge >= 0.3 is 0 Å². The van der Waals surface area contributed by atoms with Crippen molar-refractivity contribution < 1.29 is 4.79 Å². The number of amides is 1. The summed E-state index contributed by atoms with van der Waals surface area (Å²) in [5, 5.41) is 14.9. The van der Waals surface area contributed by atoms with Crippen LogP contribution in [0.4, 0.5) is 0 Å². The van der Waals surface area contributed by atoms with Gasteiger partial charge in [-0.1, -0.05) is 18.2 Å². The molecule has 0 fully saturated rings. The number of carbonyl (C=O) groups excluding carboxylic acids is 1. The van der Waals surface area contributed by atoms with Crippen LogP contribution in [0, 0.1) is 13.8 Å². The molecule has 2 aromatic heterocycles. The minimum Gasteiger partial charge on any atom is -0.353 e. The Morgan fingerprint density at radius 3 is 2.92 bits per heavy atom. The number of aryl methyl sites for hydroxylation is 2. The van der Waals surface area contributed by atoms with E-state index in [1.165, 1.54) is 11.3 Å². The lowest BCUT2D eigenvalue weighted by atomic mass is 9.93. The monoisotopic (exact) mass is 349 g/mol. The third kappa shape index (κ3) is 3.14. The van der Waals surface area contributed by atoms with Crippen LogP contribution in [0.25, 0.3) is 5.69 Å². The molecule has 0 saturated heterocycles. The largest absolute Gasteiger partial charge is 0.353 e. The lowest BCUT2D eigenvalue weighted by Gasteiger charge is -2.22. The smallest absolute Gasteiger partial charge is 0.224 e. The molecule has 0 aliphatic heterocycles. The number of aromatic nitrogens is 4. The van der Waals surface area contributed by atoms with Gasteiger partial charge in [-0.25, -0.2) is 4.68 Å². The van der Waals surface area contributed by atoms with E-state index in [9.17, 15) is 4.79 Å². The summed E-state index contributed by atoms with van der Waals surface area (Å²) in [7, 11) is 0. The highest BCUT2D eigenvalue weighted by molar-refractivity contribution is 5.79. The third-order valence-electron chi connectivity index (χ3n) is 5.16. The van der Waals surface area contributed by atoms with Crippen molar-refractivity contribution >= 4 is 5.91 Å². The van der Waals surface area contributed by atoms with Crippen molar-refractivity contribution in [3.05, 3.63) is 64.7 Å². The van der Waals surface area contributed by atoms with Crippen molar-refractivity contribution in [2.75, 3.05) is 0 Å². The van der Waals surface area contributed by atoms with Crippen LogP contribution in [0.1, 0.15) is 34.6 Å². The normalized spacial score (nSPS) is 16.3. The van der Waals surface area contributed by atoms with Crippen molar-refractivity contribution in [2.45, 2.75) is 45.6 Å². The van der Waals surface area contributed by atoms with E-state index in [0.29, 0.717) is 6.42 Å². The molecule has 3 aromatic rings. The number of H-pyrrole nitrogens is 1. The van der Waals surface area contributed by atoms with Gasteiger partial charge in [-0.15, -0.1) is 0 Å². The summed E-state index contributed by atoms with van der Waals surface area (Å²) in [4.78, 5) is 12.6. The lowest BCUT2D eigenvalue weighted by molar-refractivity contribution is -0.121. The summed E-state index contributed by atoms with van der Waals surface area (Å²) in [5.41, 5.74) is 6.36.